The second kappa shape index (κ2) is 7.83. The average Bonchev–Trinajstić information content (AvgIpc) is 3.24. The molecule has 1 saturated heterocycles. The summed E-state index contributed by atoms with van der Waals surface area (Å²) in [6.07, 6.45) is 0.963. The number of benzene rings is 2. The van der Waals surface area contributed by atoms with Gasteiger partial charge in [-0.1, -0.05) is 11.6 Å². The fraction of sp³-hybridized carbons (Fsp3) is 0.238. The molecule has 0 radical (unpaired) electrons. The predicted molar refractivity (Wildman–Crippen MR) is 107 cm³/mol. The average molecular weight is 418 g/mol. The molecule has 8 heteroatoms. The Kier molecular flexibility index (Phi) is 5.24. The number of aromatic nitrogens is 1. The molecule has 2 heterocycles. The minimum atomic E-state index is -0.520. The monoisotopic (exact) mass is 417 g/mol. The summed E-state index contributed by atoms with van der Waals surface area (Å²) in [6.45, 7) is 0.540. The Morgan fingerprint density at radius 3 is 2.62 bits per heavy atom. The van der Waals surface area contributed by atoms with Crippen molar-refractivity contribution < 1.29 is 18.4 Å². The summed E-state index contributed by atoms with van der Waals surface area (Å²) in [4.78, 5) is 27.2. The quantitative estimate of drug-likeness (QED) is 0.592. The van der Waals surface area contributed by atoms with Crippen molar-refractivity contribution in [2.45, 2.75) is 25.3 Å². The van der Waals surface area contributed by atoms with E-state index in [1.807, 2.05) is 0 Å². The summed E-state index contributed by atoms with van der Waals surface area (Å²) in [5.41, 5.74) is 2.61. The lowest BCUT2D eigenvalue weighted by Crippen LogP contribution is -2.40. The third-order valence-corrected chi connectivity index (χ3v) is 5.35. The molecule has 0 saturated carbocycles. The summed E-state index contributed by atoms with van der Waals surface area (Å²) in [6, 6.07) is 7.94. The van der Waals surface area contributed by atoms with Crippen molar-refractivity contribution in [2.75, 3.05) is 6.54 Å². The molecule has 0 aliphatic carbocycles. The molecule has 29 heavy (non-hydrogen) atoms. The Morgan fingerprint density at radius 2 is 1.93 bits per heavy atom. The van der Waals surface area contributed by atoms with Crippen LogP contribution in [0.3, 0.4) is 0 Å². The highest BCUT2D eigenvalue weighted by Crippen LogP contribution is 2.35. The Morgan fingerprint density at radius 1 is 1.17 bits per heavy atom. The first-order valence-electron chi connectivity index (χ1n) is 9.25. The van der Waals surface area contributed by atoms with Crippen molar-refractivity contribution in [1.29, 1.82) is 0 Å². The molecule has 3 N–H and O–H groups in total. The lowest BCUT2D eigenvalue weighted by molar-refractivity contribution is -0.127. The van der Waals surface area contributed by atoms with E-state index in [9.17, 15) is 18.4 Å². The fourth-order valence-electron chi connectivity index (χ4n) is 3.63. The molecule has 1 atom stereocenters. The molecule has 150 valence electrons. The summed E-state index contributed by atoms with van der Waals surface area (Å²) in [5, 5.41) is 6.18. The molecule has 2 amide bonds. The van der Waals surface area contributed by atoms with E-state index in [1.165, 1.54) is 24.3 Å². The number of rotatable bonds is 5. The zero-order valence-electron chi connectivity index (χ0n) is 15.3. The maximum Gasteiger partial charge on any atom is 0.242 e. The van der Waals surface area contributed by atoms with Crippen molar-refractivity contribution in [3.8, 4) is 11.3 Å². The van der Waals surface area contributed by atoms with Crippen LogP contribution >= 0.6 is 11.6 Å². The van der Waals surface area contributed by atoms with Crippen LogP contribution in [0, 0.1) is 11.6 Å². The van der Waals surface area contributed by atoms with Crippen molar-refractivity contribution >= 4 is 34.3 Å². The first-order valence-corrected chi connectivity index (χ1v) is 9.63. The van der Waals surface area contributed by atoms with E-state index < -0.39 is 11.9 Å². The van der Waals surface area contributed by atoms with Gasteiger partial charge in [0.1, 0.15) is 17.7 Å². The lowest BCUT2D eigenvalue weighted by Gasteiger charge is -2.10. The number of fused-ring (bicyclic) bond motifs is 1. The van der Waals surface area contributed by atoms with Crippen LogP contribution < -0.4 is 10.6 Å². The number of halogens is 3. The number of aryl methyl sites for hydroxylation is 1. The van der Waals surface area contributed by atoms with Crippen LogP contribution in [-0.4, -0.2) is 29.4 Å². The van der Waals surface area contributed by atoms with Crippen molar-refractivity contribution in [2.24, 2.45) is 0 Å². The van der Waals surface area contributed by atoms with Gasteiger partial charge >= 0.3 is 0 Å². The molecule has 1 aromatic heterocycles. The van der Waals surface area contributed by atoms with E-state index in [2.05, 4.69) is 15.6 Å². The molecule has 1 aliphatic rings. The van der Waals surface area contributed by atoms with E-state index >= 15 is 0 Å². The van der Waals surface area contributed by atoms with E-state index in [0.29, 0.717) is 47.1 Å². The first-order chi connectivity index (χ1) is 13.9. The molecule has 2 aromatic carbocycles. The van der Waals surface area contributed by atoms with Gasteiger partial charge in [-0.05, 0) is 60.4 Å². The maximum atomic E-state index is 14.0. The van der Waals surface area contributed by atoms with Gasteiger partial charge < -0.3 is 15.6 Å². The normalized spacial score (nSPS) is 16.2. The van der Waals surface area contributed by atoms with E-state index in [1.54, 1.807) is 12.1 Å². The van der Waals surface area contributed by atoms with Gasteiger partial charge in [0.2, 0.25) is 11.8 Å². The minimum absolute atomic E-state index is 0.110. The number of hydrogen-bond donors (Lipinski definition) is 3. The van der Waals surface area contributed by atoms with Crippen LogP contribution in [0.2, 0.25) is 5.02 Å². The fourth-order valence-corrected chi connectivity index (χ4v) is 3.89. The largest absolute Gasteiger partial charge is 0.354 e. The predicted octanol–water partition coefficient (Wildman–Crippen LogP) is 3.70. The lowest BCUT2D eigenvalue weighted by atomic mass is 10.0. The number of H-pyrrole nitrogens is 1. The van der Waals surface area contributed by atoms with Crippen LogP contribution in [0.1, 0.15) is 18.4 Å². The van der Waals surface area contributed by atoms with Crippen LogP contribution in [0.4, 0.5) is 8.78 Å². The second-order valence-corrected chi connectivity index (χ2v) is 7.40. The molecule has 0 spiro atoms. The van der Waals surface area contributed by atoms with Gasteiger partial charge in [-0.25, -0.2) is 8.78 Å². The number of aromatic amines is 1. The molecule has 4 rings (SSSR count). The Balaban J connectivity index is 1.65. The van der Waals surface area contributed by atoms with Gasteiger partial charge in [0.05, 0.1) is 10.5 Å². The van der Waals surface area contributed by atoms with Crippen LogP contribution in [0.25, 0.3) is 22.2 Å². The summed E-state index contributed by atoms with van der Waals surface area (Å²) >= 11 is 6.20. The van der Waals surface area contributed by atoms with Gasteiger partial charge in [-0.3, -0.25) is 9.59 Å². The zero-order valence-corrected chi connectivity index (χ0v) is 16.1. The summed E-state index contributed by atoms with van der Waals surface area (Å²) in [7, 11) is 0. The van der Waals surface area contributed by atoms with Gasteiger partial charge in [0.15, 0.2) is 0 Å². The number of carbonyl (C=O) groups is 2. The third-order valence-electron chi connectivity index (χ3n) is 5.05. The minimum Gasteiger partial charge on any atom is -0.354 e. The van der Waals surface area contributed by atoms with Gasteiger partial charge in [-0.15, -0.1) is 0 Å². The number of amides is 2. The summed E-state index contributed by atoms with van der Waals surface area (Å²) in [5.74, 6) is -1.31. The highest BCUT2D eigenvalue weighted by molar-refractivity contribution is 6.35. The van der Waals surface area contributed by atoms with Crippen LogP contribution in [-0.2, 0) is 16.0 Å². The molecular weight excluding hydrogens is 400 g/mol. The summed E-state index contributed by atoms with van der Waals surface area (Å²) < 4.78 is 27.3. The molecule has 1 aliphatic heterocycles. The standard InChI is InChI=1S/C21H18ClF2N3O2/c22-16-10-13(24)9-15-14(5-6-18(28)26-17-7-8-25-21(17)29)19(27-20(15)16)11-1-3-12(23)4-2-11/h1-4,9-10,17,27H,5-8H2,(H,25,29)(H,26,28)/t17-/m0/s1. The third kappa shape index (κ3) is 3.96. The second-order valence-electron chi connectivity index (χ2n) is 7.00. The molecule has 0 unspecified atom stereocenters. The van der Waals surface area contributed by atoms with Gasteiger partial charge in [0, 0.05) is 24.0 Å². The molecule has 0 bridgehead atoms. The Hall–Kier alpha value is -2.93. The molecular formula is C21H18ClF2N3O2. The number of carbonyl (C=O) groups excluding carboxylic acids is 2. The number of hydrogen-bond acceptors (Lipinski definition) is 2. The first kappa shape index (κ1) is 19.4. The van der Waals surface area contributed by atoms with Gasteiger partial charge in [-0.2, -0.15) is 0 Å². The highest BCUT2D eigenvalue weighted by Gasteiger charge is 2.25. The van der Waals surface area contributed by atoms with E-state index in [4.69, 9.17) is 11.6 Å². The van der Waals surface area contributed by atoms with E-state index in [-0.39, 0.29) is 29.1 Å². The maximum absolute atomic E-state index is 14.0. The van der Waals surface area contributed by atoms with Crippen LogP contribution in [0.5, 0.6) is 0 Å². The zero-order chi connectivity index (χ0) is 20.5. The number of nitrogens with one attached hydrogen (secondary N) is 3. The SMILES string of the molecule is O=C(CCc1c(-c2ccc(F)cc2)[nH]c2c(Cl)cc(F)cc12)N[C@H]1CCNC1=O. The Bertz CT molecular complexity index is 1100. The highest BCUT2D eigenvalue weighted by atomic mass is 35.5. The topological polar surface area (TPSA) is 74.0 Å². The van der Waals surface area contributed by atoms with Crippen molar-refractivity contribution in [1.82, 2.24) is 15.6 Å². The van der Waals surface area contributed by atoms with Crippen molar-refractivity contribution in [3.05, 3.63) is 58.6 Å². The smallest absolute Gasteiger partial charge is 0.242 e. The molecule has 3 aromatic rings. The van der Waals surface area contributed by atoms with E-state index in [0.717, 1.165) is 0 Å². The van der Waals surface area contributed by atoms with Crippen molar-refractivity contribution in [3.63, 3.8) is 0 Å². The van der Waals surface area contributed by atoms with Gasteiger partial charge in [0.25, 0.3) is 0 Å². The van der Waals surface area contributed by atoms with Crippen LogP contribution in [0.15, 0.2) is 36.4 Å². The molecule has 1 fully saturated rings. The molecule has 5 nitrogen and oxygen atoms in total. The Labute approximate surface area is 170 Å².